The van der Waals surface area contributed by atoms with Crippen molar-refractivity contribution in [3.63, 3.8) is 0 Å². The summed E-state index contributed by atoms with van der Waals surface area (Å²) in [4.78, 5) is 23.9. The van der Waals surface area contributed by atoms with Crippen molar-refractivity contribution >= 4 is 27.5 Å². The van der Waals surface area contributed by atoms with Gasteiger partial charge in [-0.2, -0.15) is 0 Å². The molecule has 1 atom stereocenters. The summed E-state index contributed by atoms with van der Waals surface area (Å²) in [6.07, 6.45) is 2.75. The number of para-hydroxylation sites is 1. The molecular weight excluding hydrogens is 334 g/mol. The summed E-state index contributed by atoms with van der Waals surface area (Å²) in [5.74, 6) is 1.27. The second-order valence-electron chi connectivity index (χ2n) is 6.49. The fourth-order valence-corrected chi connectivity index (χ4v) is 4.47. The molecule has 130 valence electrons. The number of hydrogen-bond acceptors (Lipinski definition) is 5. The zero-order valence-corrected chi connectivity index (χ0v) is 15.3. The number of aromatic nitrogens is 2. The van der Waals surface area contributed by atoms with Crippen LogP contribution in [0.1, 0.15) is 52.8 Å². The number of fused-ring (bicyclic) bond motifs is 1. The van der Waals surface area contributed by atoms with Crippen LogP contribution in [0.2, 0.25) is 0 Å². The highest BCUT2D eigenvalue weighted by Crippen LogP contribution is 2.33. The van der Waals surface area contributed by atoms with E-state index in [0.29, 0.717) is 36.2 Å². The predicted molar refractivity (Wildman–Crippen MR) is 98.1 cm³/mol. The van der Waals surface area contributed by atoms with Crippen LogP contribution in [0, 0.1) is 6.92 Å². The van der Waals surface area contributed by atoms with E-state index in [9.17, 15) is 4.79 Å². The number of benzene rings is 1. The lowest BCUT2D eigenvalue weighted by Gasteiger charge is -2.31. The fraction of sp³-hybridized carbons (Fsp3) is 0.421. The molecule has 6 heteroatoms. The number of oxazole rings is 1. The Morgan fingerprint density at radius 1 is 1.36 bits per heavy atom. The molecule has 1 aromatic carbocycles. The van der Waals surface area contributed by atoms with Crippen molar-refractivity contribution in [3.05, 3.63) is 46.6 Å². The number of nitrogens with zero attached hydrogens (tertiary/aromatic N) is 3. The number of carbonyl (C=O) groups is 1. The maximum absolute atomic E-state index is 12.9. The highest BCUT2D eigenvalue weighted by atomic mass is 32.1. The lowest BCUT2D eigenvalue weighted by molar-refractivity contribution is 0.0672. The Morgan fingerprint density at radius 3 is 2.96 bits per heavy atom. The van der Waals surface area contributed by atoms with E-state index >= 15 is 0 Å². The van der Waals surface area contributed by atoms with E-state index in [1.807, 2.05) is 36.9 Å². The third-order valence-corrected chi connectivity index (χ3v) is 5.90. The normalized spacial score (nSPS) is 18.0. The highest BCUT2D eigenvalue weighted by Gasteiger charge is 2.30. The maximum Gasteiger partial charge on any atom is 0.291 e. The largest absolute Gasteiger partial charge is 0.435 e. The molecule has 0 radical (unpaired) electrons. The average Bonchev–Trinajstić information content (AvgIpc) is 3.24. The molecular formula is C19H21N3O2S. The van der Waals surface area contributed by atoms with Crippen LogP contribution in [0.3, 0.4) is 0 Å². The molecule has 0 bridgehead atoms. The molecule has 0 spiro atoms. The number of aryl methyl sites for hydroxylation is 2. The fourth-order valence-electron chi connectivity index (χ4n) is 3.37. The molecule has 0 saturated carbocycles. The minimum Gasteiger partial charge on any atom is -0.435 e. The maximum atomic E-state index is 12.9. The van der Waals surface area contributed by atoms with Gasteiger partial charge in [0.25, 0.3) is 5.91 Å². The smallest absolute Gasteiger partial charge is 0.291 e. The molecule has 5 nitrogen and oxygen atoms in total. The van der Waals surface area contributed by atoms with E-state index in [1.165, 1.54) is 4.70 Å². The summed E-state index contributed by atoms with van der Waals surface area (Å²) in [7, 11) is 0. The summed E-state index contributed by atoms with van der Waals surface area (Å²) in [6.45, 7) is 5.27. The number of hydrogen-bond donors (Lipinski definition) is 0. The first kappa shape index (κ1) is 16.3. The molecule has 1 amide bonds. The molecule has 0 N–H and O–H groups in total. The van der Waals surface area contributed by atoms with Gasteiger partial charge in [-0.15, -0.1) is 11.3 Å². The third kappa shape index (κ3) is 3.06. The van der Waals surface area contributed by atoms with E-state index in [1.54, 1.807) is 11.3 Å². The Labute approximate surface area is 150 Å². The monoisotopic (exact) mass is 355 g/mol. The summed E-state index contributed by atoms with van der Waals surface area (Å²) in [5, 5.41) is 1.13. The average molecular weight is 355 g/mol. The van der Waals surface area contributed by atoms with Gasteiger partial charge in [-0.05, 0) is 31.9 Å². The van der Waals surface area contributed by atoms with Gasteiger partial charge in [0.05, 0.1) is 20.9 Å². The number of rotatable bonds is 3. The number of carbonyl (C=O) groups excluding carboxylic acids is 1. The van der Waals surface area contributed by atoms with Crippen molar-refractivity contribution in [3.8, 4) is 0 Å². The lowest BCUT2D eigenvalue weighted by Crippen LogP contribution is -2.39. The lowest BCUT2D eigenvalue weighted by atomic mass is 9.98. The quantitative estimate of drug-likeness (QED) is 0.707. The molecule has 0 aliphatic carbocycles. The zero-order valence-electron chi connectivity index (χ0n) is 14.5. The van der Waals surface area contributed by atoms with Crippen molar-refractivity contribution < 1.29 is 9.21 Å². The summed E-state index contributed by atoms with van der Waals surface area (Å²) in [6, 6.07) is 8.21. The Balaban J connectivity index is 1.55. The standard InChI is InChI=1S/C19H21N3O2S/c1-3-16-20-12(2)17(24-16)19(23)22-10-6-7-13(11-22)18-21-14-8-4-5-9-15(14)25-18/h4-5,8-9,13H,3,6-7,10-11H2,1-2H3/t13-/m0/s1. The van der Waals surface area contributed by atoms with Gasteiger partial charge < -0.3 is 9.32 Å². The van der Waals surface area contributed by atoms with Crippen LogP contribution < -0.4 is 0 Å². The molecule has 3 heterocycles. The van der Waals surface area contributed by atoms with Crippen molar-refractivity contribution in [2.45, 2.75) is 39.0 Å². The van der Waals surface area contributed by atoms with Gasteiger partial charge in [-0.3, -0.25) is 4.79 Å². The molecule has 1 aliphatic rings. The number of likely N-dealkylation sites (tertiary alicyclic amines) is 1. The zero-order chi connectivity index (χ0) is 17.4. The minimum absolute atomic E-state index is 0.0458. The van der Waals surface area contributed by atoms with Crippen molar-refractivity contribution in [1.82, 2.24) is 14.9 Å². The van der Waals surface area contributed by atoms with Crippen molar-refractivity contribution in [2.24, 2.45) is 0 Å². The summed E-state index contributed by atoms with van der Waals surface area (Å²) < 4.78 is 6.86. The molecule has 1 aliphatic heterocycles. The molecule has 2 aromatic heterocycles. The number of amides is 1. The second-order valence-corrected chi connectivity index (χ2v) is 7.55. The molecule has 3 aromatic rings. The van der Waals surface area contributed by atoms with Crippen molar-refractivity contribution in [1.29, 1.82) is 0 Å². The highest BCUT2D eigenvalue weighted by molar-refractivity contribution is 7.18. The van der Waals surface area contributed by atoms with E-state index in [-0.39, 0.29) is 5.91 Å². The molecule has 0 unspecified atom stereocenters. The van der Waals surface area contributed by atoms with Gasteiger partial charge in [0.1, 0.15) is 0 Å². The van der Waals surface area contributed by atoms with E-state index in [2.05, 4.69) is 11.1 Å². The Kier molecular flexibility index (Phi) is 4.29. The van der Waals surface area contributed by atoms with E-state index < -0.39 is 0 Å². The van der Waals surface area contributed by atoms with Gasteiger partial charge in [-0.1, -0.05) is 19.1 Å². The Bertz CT molecular complexity index is 881. The van der Waals surface area contributed by atoms with Gasteiger partial charge in [0, 0.05) is 25.4 Å². The van der Waals surface area contributed by atoms with Gasteiger partial charge in [-0.25, -0.2) is 9.97 Å². The molecule has 1 fully saturated rings. The van der Waals surface area contributed by atoms with Crippen LogP contribution in [0.5, 0.6) is 0 Å². The third-order valence-electron chi connectivity index (χ3n) is 4.71. The predicted octanol–water partition coefficient (Wildman–Crippen LogP) is 4.17. The molecule has 4 rings (SSSR count). The number of thiazole rings is 1. The van der Waals surface area contributed by atoms with Crippen LogP contribution in [0.25, 0.3) is 10.2 Å². The minimum atomic E-state index is -0.0458. The number of piperidine rings is 1. The molecule has 25 heavy (non-hydrogen) atoms. The van der Waals surface area contributed by atoms with Gasteiger partial charge in [0.15, 0.2) is 5.89 Å². The second kappa shape index (κ2) is 6.59. The first-order valence-corrected chi connectivity index (χ1v) is 9.58. The summed E-state index contributed by atoms with van der Waals surface area (Å²) >= 11 is 1.74. The Morgan fingerprint density at radius 2 is 2.20 bits per heavy atom. The van der Waals surface area contributed by atoms with Crippen LogP contribution in [0.4, 0.5) is 0 Å². The van der Waals surface area contributed by atoms with Gasteiger partial charge in [0.2, 0.25) is 5.76 Å². The Hall–Kier alpha value is -2.21. The summed E-state index contributed by atoms with van der Waals surface area (Å²) in [5.41, 5.74) is 1.73. The van der Waals surface area contributed by atoms with E-state index in [4.69, 9.17) is 9.40 Å². The van der Waals surface area contributed by atoms with Crippen LogP contribution in [-0.2, 0) is 6.42 Å². The van der Waals surface area contributed by atoms with Crippen LogP contribution in [0.15, 0.2) is 28.7 Å². The van der Waals surface area contributed by atoms with Crippen molar-refractivity contribution in [2.75, 3.05) is 13.1 Å². The SMILES string of the molecule is CCc1nc(C)c(C(=O)N2CCC[C@H](c3nc4ccccc4s3)C2)o1. The van der Waals surface area contributed by atoms with Crippen LogP contribution >= 0.6 is 11.3 Å². The first-order chi connectivity index (χ1) is 12.2. The van der Waals surface area contributed by atoms with E-state index in [0.717, 1.165) is 29.9 Å². The topological polar surface area (TPSA) is 59.2 Å². The first-order valence-electron chi connectivity index (χ1n) is 8.76. The van der Waals surface area contributed by atoms with Crippen LogP contribution in [-0.4, -0.2) is 33.9 Å². The molecule has 1 saturated heterocycles. The van der Waals surface area contributed by atoms with Gasteiger partial charge >= 0.3 is 0 Å².